The second-order valence-electron chi connectivity index (χ2n) is 5.04. The highest BCUT2D eigenvalue weighted by atomic mass is 79.9. The molecule has 0 aliphatic carbocycles. The van der Waals surface area contributed by atoms with Crippen molar-refractivity contribution in [3.63, 3.8) is 0 Å². The molecule has 2 aromatic rings. The second kappa shape index (κ2) is 6.93. The van der Waals surface area contributed by atoms with Gasteiger partial charge in [-0.05, 0) is 53.4 Å². The Kier molecular flexibility index (Phi) is 5.44. The van der Waals surface area contributed by atoms with Gasteiger partial charge in [0.15, 0.2) is 0 Å². The lowest BCUT2D eigenvalue weighted by molar-refractivity contribution is 0.613. The fourth-order valence-electron chi connectivity index (χ4n) is 2.60. The summed E-state index contributed by atoms with van der Waals surface area (Å²) in [5, 5.41) is 4.64. The maximum atomic E-state index is 13.3. The molecule has 0 aliphatic rings. The summed E-state index contributed by atoms with van der Waals surface area (Å²) in [6.45, 7) is 6.80. The van der Waals surface area contributed by atoms with E-state index in [-0.39, 0.29) is 11.2 Å². The molecule has 2 nitrogen and oxygen atoms in total. The molecule has 0 N–H and O–H groups in total. The highest BCUT2D eigenvalue weighted by Gasteiger charge is 2.19. The highest BCUT2D eigenvalue weighted by molar-refractivity contribution is 9.10. The minimum absolute atomic E-state index is 0.0522. The van der Waals surface area contributed by atoms with Crippen LogP contribution in [0.15, 0.2) is 22.7 Å². The molecule has 0 amide bonds. The Labute approximate surface area is 138 Å². The SMILES string of the molecule is CCc1nn(Cc2ccc(F)c(Br)c2)c(CC)c1C(C)Cl. The average molecular weight is 374 g/mol. The monoisotopic (exact) mass is 372 g/mol. The number of halogens is 3. The summed E-state index contributed by atoms with van der Waals surface area (Å²) < 4.78 is 15.8. The third-order valence-corrected chi connectivity index (χ3v) is 4.38. The first-order valence-electron chi connectivity index (χ1n) is 7.14. The minimum Gasteiger partial charge on any atom is -0.265 e. The van der Waals surface area contributed by atoms with Crippen LogP contribution in [0.3, 0.4) is 0 Å². The zero-order valence-electron chi connectivity index (χ0n) is 12.5. The van der Waals surface area contributed by atoms with Crippen LogP contribution in [0.4, 0.5) is 4.39 Å². The predicted octanol–water partition coefficient (Wildman–Crippen LogP) is 5.26. The van der Waals surface area contributed by atoms with Gasteiger partial charge in [-0.15, -0.1) is 11.6 Å². The molecule has 5 heteroatoms. The lowest BCUT2D eigenvalue weighted by atomic mass is 10.1. The van der Waals surface area contributed by atoms with Gasteiger partial charge >= 0.3 is 0 Å². The maximum absolute atomic E-state index is 13.3. The third-order valence-electron chi connectivity index (χ3n) is 3.56. The molecule has 0 fully saturated rings. The zero-order valence-corrected chi connectivity index (χ0v) is 14.8. The van der Waals surface area contributed by atoms with Gasteiger partial charge in [0.1, 0.15) is 5.82 Å². The van der Waals surface area contributed by atoms with Crippen LogP contribution >= 0.6 is 27.5 Å². The van der Waals surface area contributed by atoms with Crippen LogP contribution in [0, 0.1) is 5.82 Å². The third kappa shape index (κ3) is 3.49. The summed E-state index contributed by atoms with van der Waals surface area (Å²) in [7, 11) is 0. The summed E-state index contributed by atoms with van der Waals surface area (Å²) in [6, 6.07) is 5.06. The van der Waals surface area contributed by atoms with Crippen molar-refractivity contribution in [2.24, 2.45) is 0 Å². The average Bonchev–Trinajstić information content (AvgIpc) is 2.80. The van der Waals surface area contributed by atoms with Gasteiger partial charge in [0.2, 0.25) is 0 Å². The van der Waals surface area contributed by atoms with Gasteiger partial charge in [0.25, 0.3) is 0 Å². The van der Waals surface area contributed by atoms with Gasteiger partial charge in [0.05, 0.1) is 22.1 Å². The number of hydrogen-bond acceptors (Lipinski definition) is 1. The Morgan fingerprint density at radius 1 is 1.33 bits per heavy atom. The number of hydrogen-bond donors (Lipinski definition) is 0. The Morgan fingerprint density at radius 2 is 2.05 bits per heavy atom. The van der Waals surface area contributed by atoms with Crippen molar-refractivity contribution in [1.29, 1.82) is 0 Å². The van der Waals surface area contributed by atoms with Crippen molar-refractivity contribution in [3.8, 4) is 0 Å². The molecular formula is C16H19BrClFN2. The molecule has 0 saturated heterocycles. The van der Waals surface area contributed by atoms with Crippen molar-refractivity contribution in [3.05, 3.63) is 51.0 Å². The molecule has 1 aromatic heterocycles. The van der Waals surface area contributed by atoms with Gasteiger partial charge in [0, 0.05) is 11.3 Å². The van der Waals surface area contributed by atoms with Gasteiger partial charge in [-0.3, -0.25) is 4.68 Å². The standard InChI is InChI=1S/C16H19BrClFN2/c1-4-14-16(10(3)18)15(5-2)21(20-14)9-11-6-7-13(19)12(17)8-11/h6-8,10H,4-5,9H2,1-3H3. The summed E-state index contributed by atoms with van der Waals surface area (Å²) in [4.78, 5) is 0. The molecule has 0 bridgehead atoms. The Balaban J connectivity index is 2.41. The van der Waals surface area contributed by atoms with E-state index in [9.17, 15) is 4.39 Å². The van der Waals surface area contributed by atoms with Crippen molar-refractivity contribution in [2.75, 3.05) is 0 Å². The van der Waals surface area contributed by atoms with Gasteiger partial charge in [-0.25, -0.2) is 4.39 Å². The molecule has 0 saturated carbocycles. The fraction of sp³-hybridized carbons (Fsp3) is 0.438. The van der Waals surface area contributed by atoms with Crippen LogP contribution in [0.1, 0.15) is 48.7 Å². The molecule has 1 heterocycles. The molecular weight excluding hydrogens is 355 g/mol. The van der Waals surface area contributed by atoms with E-state index >= 15 is 0 Å². The van der Waals surface area contributed by atoms with Gasteiger partial charge in [-0.2, -0.15) is 5.10 Å². The number of nitrogens with zero attached hydrogens (tertiary/aromatic N) is 2. The lowest BCUT2D eigenvalue weighted by Gasteiger charge is -2.10. The molecule has 1 atom stereocenters. The Hall–Kier alpha value is -0.870. The number of aromatic nitrogens is 2. The Bertz CT molecular complexity index is 637. The summed E-state index contributed by atoms with van der Waals surface area (Å²) in [5.74, 6) is -0.251. The van der Waals surface area contributed by atoms with E-state index < -0.39 is 0 Å². The van der Waals surface area contributed by atoms with Crippen LogP contribution in [-0.2, 0) is 19.4 Å². The first-order chi connectivity index (χ1) is 9.97. The number of alkyl halides is 1. The zero-order chi connectivity index (χ0) is 15.6. The van der Waals surface area contributed by atoms with Crippen molar-refractivity contribution >= 4 is 27.5 Å². The molecule has 1 aromatic carbocycles. The minimum atomic E-state index is -0.251. The van der Waals surface area contributed by atoms with Crippen LogP contribution < -0.4 is 0 Å². The summed E-state index contributed by atoms with van der Waals surface area (Å²) in [5.41, 5.74) is 4.37. The maximum Gasteiger partial charge on any atom is 0.137 e. The van der Waals surface area contributed by atoms with E-state index in [1.807, 2.05) is 11.6 Å². The quantitative estimate of drug-likeness (QED) is 0.654. The molecule has 2 rings (SSSR count). The summed E-state index contributed by atoms with van der Waals surface area (Å²) >= 11 is 9.55. The van der Waals surface area contributed by atoms with E-state index in [1.54, 1.807) is 12.1 Å². The lowest BCUT2D eigenvalue weighted by Crippen LogP contribution is -2.07. The van der Waals surface area contributed by atoms with Crippen LogP contribution in [-0.4, -0.2) is 9.78 Å². The van der Waals surface area contributed by atoms with Crippen LogP contribution in [0.25, 0.3) is 0 Å². The van der Waals surface area contributed by atoms with E-state index in [0.29, 0.717) is 11.0 Å². The van der Waals surface area contributed by atoms with Crippen molar-refractivity contribution in [2.45, 2.75) is 45.5 Å². The van der Waals surface area contributed by atoms with E-state index in [1.165, 1.54) is 6.07 Å². The molecule has 0 radical (unpaired) electrons. The number of aryl methyl sites for hydroxylation is 1. The molecule has 0 aliphatic heterocycles. The first-order valence-corrected chi connectivity index (χ1v) is 8.37. The van der Waals surface area contributed by atoms with E-state index in [0.717, 1.165) is 35.4 Å². The van der Waals surface area contributed by atoms with Crippen molar-refractivity contribution in [1.82, 2.24) is 9.78 Å². The normalized spacial score (nSPS) is 12.7. The first kappa shape index (κ1) is 16.5. The summed E-state index contributed by atoms with van der Waals surface area (Å²) in [6.07, 6.45) is 1.74. The van der Waals surface area contributed by atoms with Crippen molar-refractivity contribution < 1.29 is 4.39 Å². The number of rotatable bonds is 5. The fourth-order valence-corrected chi connectivity index (χ4v) is 3.28. The molecule has 1 unspecified atom stereocenters. The smallest absolute Gasteiger partial charge is 0.137 e. The van der Waals surface area contributed by atoms with Crippen LogP contribution in [0.5, 0.6) is 0 Å². The van der Waals surface area contributed by atoms with Gasteiger partial charge in [-0.1, -0.05) is 19.9 Å². The molecule has 0 spiro atoms. The molecule has 21 heavy (non-hydrogen) atoms. The number of benzene rings is 1. The topological polar surface area (TPSA) is 17.8 Å². The highest BCUT2D eigenvalue weighted by Crippen LogP contribution is 2.29. The second-order valence-corrected chi connectivity index (χ2v) is 6.55. The Morgan fingerprint density at radius 3 is 2.57 bits per heavy atom. The van der Waals surface area contributed by atoms with E-state index in [2.05, 4.69) is 29.8 Å². The van der Waals surface area contributed by atoms with Gasteiger partial charge < -0.3 is 0 Å². The van der Waals surface area contributed by atoms with Crippen LogP contribution in [0.2, 0.25) is 0 Å². The predicted molar refractivity (Wildman–Crippen MR) is 88.5 cm³/mol. The van der Waals surface area contributed by atoms with E-state index in [4.69, 9.17) is 16.7 Å². The molecule has 114 valence electrons. The largest absolute Gasteiger partial charge is 0.265 e.